The van der Waals surface area contributed by atoms with Gasteiger partial charge in [0.05, 0.1) is 10.7 Å². The predicted molar refractivity (Wildman–Crippen MR) is 91.1 cm³/mol. The molecule has 21 heavy (non-hydrogen) atoms. The van der Waals surface area contributed by atoms with E-state index < -0.39 is 0 Å². The lowest BCUT2D eigenvalue weighted by molar-refractivity contribution is 0.102. The third-order valence-corrected chi connectivity index (χ3v) is 3.69. The van der Waals surface area contributed by atoms with Crippen molar-refractivity contribution in [2.24, 2.45) is 5.73 Å². The van der Waals surface area contributed by atoms with Crippen molar-refractivity contribution in [1.82, 2.24) is 0 Å². The van der Waals surface area contributed by atoms with E-state index >= 15 is 0 Å². The van der Waals surface area contributed by atoms with Gasteiger partial charge in [-0.2, -0.15) is 0 Å². The summed E-state index contributed by atoms with van der Waals surface area (Å²) in [7, 11) is 0. The van der Waals surface area contributed by atoms with Crippen LogP contribution in [0.1, 0.15) is 28.4 Å². The summed E-state index contributed by atoms with van der Waals surface area (Å²) in [5.41, 5.74) is 8.49. The molecule has 2 aromatic carbocycles. The monoisotopic (exact) mass is 318 g/mol. The second-order valence-corrected chi connectivity index (χ2v) is 5.41. The highest BCUT2D eigenvalue weighted by molar-refractivity contribution is 7.80. The summed E-state index contributed by atoms with van der Waals surface area (Å²) in [4.78, 5) is 12.5. The summed E-state index contributed by atoms with van der Waals surface area (Å²) in [6, 6.07) is 12.5. The molecular formula is C16H15ClN2OS. The number of hydrogen-bond acceptors (Lipinski definition) is 2. The summed E-state index contributed by atoms with van der Waals surface area (Å²) in [6.07, 6.45) is 0.934. The zero-order valence-electron chi connectivity index (χ0n) is 11.5. The smallest absolute Gasteiger partial charge is 0.255 e. The van der Waals surface area contributed by atoms with Gasteiger partial charge in [-0.1, -0.05) is 48.9 Å². The van der Waals surface area contributed by atoms with E-state index in [9.17, 15) is 4.79 Å². The topological polar surface area (TPSA) is 55.1 Å². The number of amides is 1. The number of aryl methyl sites for hydroxylation is 1. The van der Waals surface area contributed by atoms with Crippen molar-refractivity contribution < 1.29 is 4.79 Å². The zero-order chi connectivity index (χ0) is 15.4. The number of thiocarbonyl (C=S) groups is 1. The Labute approximate surface area is 134 Å². The summed E-state index contributed by atoms with van der Waals surface area (Å²) in [5, 5.41) is 3.21. The minimum Gasteiger partial charge on any atom is -0.389 e. The van der Waals surface area contributed by atoms with Crippen LogP contribution in [-0.4, -0.2) is 10.9 Å². The van der Waals surface area contributed by atoms with Crippen molar-refractivity contribution in [3.63, 3.8) is 0 Å². The van der Waals surface area contributed by atoms with Crippen LogP contribution >= 0.6 is 23.8 Å². The first kappa shape index (κ1) is 15.5. The van der Waals surface area contributed by atoms with Crippen molar-refractivity contribution in [3.8, 4) is 0 Å². The molecule has 0 spiro atoms. The molecular weight excluding hydrogens is 304 g/mol. The number of hydrogen-bond donors (Lipinski definition) is 2. The van der Waals surface area contributed by atoms with Gasteiger partial charge in [0.2, 0.25) is 0 Å². The average molecular weight is 319 g/mol. The maximum absolute atomic E-state index is 12.2. The van der Waals surface area contributed by atoms with Gasteiger partial charge < -0.3 is 11.1 Å². The van der Waals surface area contributed by atoms with Crippen LogP contribution in [0.15, 0.2) is 42.5 Å². The molecule has 0 fully saturated rings. The van der Waals surface area contributed by atoms with Crippen molar-refractivity contribution >= 4 is 40.4 Å². The maximum atomic E-state index is 12.2. The Hall–Kier alpha value is -1.91. The maximum Gasteiger partial charge on any atom is 0.255 e. The third kappa shape index (κ3) is 3.80. The van der Waals surface area contributed by atoms with Crippen molar-refractivity contribution in [2.75, 3.05) is 5.32 Å². The van der Waals surface area contributed by atoms with Gasteiger partial charge in [-0.15, -0.1) is 0 Å². The third-order valence-electron chi connectivity index (χ3n) is 3.12. The van der Waals surface area contributed by atoms with Gasteiger partial charge >= 0.3 is 0 Å². The molecule has 0 heterocycles. The number of nitrogens with one attached hydrogen (secondary N) is 1. The van der Waals surface area contributed by atoms with E-state index in [-0.39, 0.29) is 10.9 Å². The van der Waals surface area contributed by atoms with Crippen LogP contribution in [0.2, 0.25) is 5.02 Å². The van der Waals surface area contributed by atoms with Gasteiger partial charge in [-0.05, 0) is 36.2 Å². The van der Waals surface area contributed by atoms with Crippen LogP contribution < -0.4 is 11.1 Å². The number of rotatable bonds is 4. The van der Waals surface area contributed by atoms with E-state index in [2.05, 4.69) is 12.2 Å². The number of halogens is 1. The van der Waals surface area contributed by atoms with Crippen molar-refractivity contribution in [2.45, 2.75) is 13.3 Å². The molecule has 0 bridgehead atoms. The van der Waals surface area contributed by atoms with E-state index in [1.807, 2.05) is 12.1 Å². The summed E-state index contributed by atoms with van der Waals surface area (Å²) < 4.78 is 0. The molecule has 2 rings (SSSR count). The standard InChI is InChI=1S/C16H15ClN2OS/c1-2-10-3-5-11(6-4-10)16(20)19-14-9-12(15(18)21)7-8-13(14)17/h3-9H,2H2,1H3,(H2,18,21)(H,19,20). The molecule has 0 atom stereocenters. The highest BCUT2D eigenvalue weighted by Gasteiger charge is 2.10. The molecule has 0 aliphatic rings. The second kappa shape index (κ2) is 6.70. The average Bonchev–Trinajstić information content (AvgIpc) is 2.49. The van der Waals surface area contributed by atoms with Gasteiger partial charge in [0.1, 0.15) is 4.99 Å². The number of benzene rings is 2. The van der Waals surface area contributed by atoms with E-state index in [0.717, 1.165) is 6.42 Å². The number of anilines is 1. The molecule has 0 aromatic heterocycles. The highest BCUT2D eigenvalue weighted by Crippen LogP contribution is 2.23. The van der Waals surface area contributed by atoms with Gasteiger partial charge in [-0.25, -0.2) is 0 Å². The molecule has 3 N–H and O–H groups in total. The van der Waals surface area contributed by atoms with E-state index in [0.29, 0.717) is 21.8 Å². The fraction of sp³-hybridized carbons (Fsp3) is 0.125. The fourth-order valence-corrected chi connectivity index (χ4v) is 2.15. The molecule has 3 nitrogen and oxygen atoms in total. The quantitative estimate of drug-likeness (QED) is 0.843. The Bertz CT molecular complexity index is 683. The Morgan fingerprint density at radius 3 is 2.38 bits per heavy atom. The molecule has 2 aromatic rings. The Morgan fingerprint density at radius 2 is 1.81 bits per heavy atom. The molecule has 0 unspecified atom stereocenters. The first-order valence-electron chi connectivity index (χ1n) is 6.51. The van der Waals surface area contributed by atoms with E-state index in [1.54, 1.807) is 30.3 Å². The molecule has 5 heteroatoms. The SMILES string of the molecule is CCc1ccc(C(=O)Nc2cc(C(N)=S)ccc2Cl)cc1. The van der Waals surface area contributed by atoms with Crippen molar-refractivity contribution in [3.05, 3.63) is 64.2 Å². The minimum atomic E-state index is -0.223. The van der Waals surface area contributed by atoms with Crippen LogP contribution in [0, 0.1) is 0 Å². The predicted octanol–water partition coefficient (Wildman–Crippen LogP) is 3.79. The van der Waals surface area contributed by atoms with Crippen LogP contribution in [0.4, 0.5) is 5.69 Å². The van der Waals surface area contributed by atoms with Gasteiger partial charge in [0, 0.05) is 11.1 Å². The van der Waals surface area contributed by atoms with E-state index in [4.69, 9.17) is 29.6 Å². The van der Waals surface area contributed by atoms with Crippen molar-refractivity contribution in [1.29, 1.82) is 0 Å². The Morgan fingerprint density at radius 1 is 1.19 bits per heavy atom. The Kier molecular flexibility index (Phi) is 4.94. The molecule has 0 saturated heterocycles. The Balaban J connectivity index is 2.22. The molecule has 108 valence electrons. The van der Waals surface area contributed by atoms with Crippen LogP contribution in [0.3, 0.4) is 0 Å². The second-order valence-electron chi connectivity index (χ2n) is 4.56. The lowest BCUT2D eigenvalue weighted by Gasteiger charge is -2.09. The zero-order valence-corrected chi connectivity index (χ0v) is 13.1. The minimum absolute atomic E-state index is 0.223. The lowest BCUT2D eigenvalue weighted by Crippen LogP contribution is -2.14. The van der Waals surface area contributed by atoms with Gasteiger partial charge in [0.15, 0.2) is 0 Å². The first-order chi connectivity index (χ1) is 10.0. The van der Waals surface area contributed by atoms with Crippen LogP contribution in [0.25, 0.3) is 0 Å². The van der Waals surface area contributed by atoms with E-state index in [1.165, 1.54) is 5.56 Å². The highest BCUT2D eigenvalue weighted by atomic mass is 35.5. The number of nitrogens with two attached hydrogens (primary N) is 1. The first-order valence-corrected chi connectivity index (χ1v) is 7.29. The fourth-order valence-electron chi connectivity index (χ4n) is 1.86. The molecule has 0 aliphatic carbocycles. The van der Waals surface area contributed by atoms with Crippen LogP contribution in [-0.2, 0) is 6.42 Å². The molecule has 1 amide bonds. The normalized spacial score (nSPS) is 10.2. The lowest BCUT2D eigenvalue weighted by atomic mass is 10.1. The van der Waals surface area contributed by atoms with Gasteiger partial charge in [0.25, 0.3) is 5.91 Å². The number of carbonyl (C=O) groups excluding carboxylic acids is 1. The largest absolute Gasteiger partial charge is 0.389 e. The molecule has 0 saturated carbocycles. The summed E-state index contributed by atoms with van der Waals surface area (Å²) in [6.45, 7) is 2.07. The molecule has 0 radical (unpaired) electrons. The molecule has 0 aliphatic heterocycles. The van der Waals surface area contributed by atoms with Gasteiger partial charge in [-0.3, -0.25) is 4.79 Å². The van der Waals surface area contributed by atoms with Crippen LogP contribution in [0.5, 0.6) is 0 Å². The number of carbonyl (C=O) groups is 1. The summed E-state index contributed by atoms with van der Waals surface area (Å²) >= 11 is 11.0. The summed E-state index contributed by atoms with van der Waals surface area (Å²) in [5.74, 6) is -0.223.